The number of rotatable bonds is 6. The first-order valence-corrected chi connectivity index (χ1v) is 11.3. The molecule has 31 heavy (non-hydrogen) atoms. The molecular weight excluding hydrogens is 406 g/mol. The molecule has 1 aliphatic rings. The topological polar surface area (TPSA) is 54.2 Å². The monoisotopic (exact) mass is 437 g/mol. The standard InChI is InChI=1S/C23H31N7S/c1-4-30-19(3)21(13-25-30)16-29-17-22(14-24-29)26-23(31)28-11-9-27(10-12-28)15-20-7-5-18(2)6-8-20/h5-8,13-14,17H,4,9-12,15-16H2,1-3H3,(H,26,31). The normalized spacial score (nSPS) is 14.7. The van der Waals surface area contributed by atoms with Crippen molar-refractivity contribution in [2.24, 2.45) is 0 Å². The van der Waals surface area contributed by atoms with E-state index >= 15 is 0 Å². The zero-order valence-electron chi connectivity index (χ0n) is 18.6. The van der Waals surface area contributed by atoms with Crippen LogP contribution in [0.25, 0.3) is 0 Å². The van der Waals surface area contributed by atoms with Crippen molar-refractivity contribution in [3.8, 4) is 0 Å². The number of benzene rings is 1. The molecule has 0 unspecified atom stereocenters. The highest BCUT2D eigenvalue weighted by atomic mass is 32.1. The third-order valence-electron chi connectivity index (χ3n) is 5.91. The van der Waals surface area contributed by atoms with E-state index in [0.717, 1.165) is 50.1 Å². The molecule has 0 radical (unpaired) electrons. The van der Waals surface area contributed by atoms with Crippen LogP contribution in [0, 0.1) is 13.8 Å². The lowest BCUT2D eigenvalue weighted by molar-refractivity contribution is 0.177. The van der Waals surface area contributed by atoms with Crippen molar-refractivity contribution in [3.63, 3.8) is 0 Å². The van der Waals surface area contributed by atoms with Gasteiger partial charge < -0.3 is 10.2 Å². The lowest BCUT2D eigenvalue weighted by atomic mass is 10.1. The van der Waals surface area contributed by atoms with Gasteiger partial charge in [-0.15, -0.1) is 0 Å². The van der Waals surface area contributed by atoms with Crippen LogP contribution >= 0.6 is 12.2 Å². The summed E-state index contributed by atoms with van der Waals surface area (Å²) < 4.78 is 3.93. The quantitative estimate of drug-likeness (QED) is 0.598. The van der Waals surface area contributed by atoms with Crippen LogP contribution in [-0.4, -0.2) is 60.7 Å². The highest BCUT2D eigenvalue weighted by molar-refractivity contribution is 7.80. The number of thiocarbonyl (C=S) groups is 1. The average Bonchev–Trinajstić information content (AvgIpc) is 3.36. The number of nitrogens with zero attached hydrogens (tertiary/aromatic N) is 6. The van der Waals surface area contributed by atoms with Gasteiger partial charge in [-0.05, 0) is 38.6 Å². The van der Waals surface area contributed by atoms with Gasteiger partial charge in [0.05, 0.1) is 24.6 Å². The minimum Gasteiger partial charge on any atom is -0.346 e. The SMILES string of the molecule is CCn1ncc(Cn2cc(NC(=S)N3CCN(Cc4ccc(C)cc4)CC3)cn2)c1C. The van der Waals surface area contributed by atoms with Crippen molar-refractivity contribution in [3.05, 3.63) is 65.2 Å². The van der Waals surface area contributed by atoms with Gasteiger partial charge in [0, 0.05) is 56.7 Å². The molecule has 2 aromatic heterocycles. The van der Waals surface area contributed by atoms with Gasteiger partial charge in [-0.2, -0.15) is 10.2 Å². The van der Waals surface area contributed by atoms with Crippen molar-refractivity contribution in [2.75, 3.05) is 31.5 Å². The van der Waals surface area contributed by atoms with Crippen molar-refractivity contribution < 1.29 is 0 Å². The molecule has 0 bridgehead atoms. The van der Waals surface area contributed by atoms with E-state index in [1.54, 1.807) is 0 Å². The predicted molar refractivity (Wildman–Crippen MR) is 128 cm³/mol. The summed E-state index contributed by atoms with van der Waals surface area (Å²) in [7, 11) is 0. The maximum absolute atomic E-state index is 5.66. The Bertz CT molecular complexity index is 1010. The second-order valence-electron chi connectivity index (χ2n) is 8.18. The van der Waals surface area contributed by atoms with Gasteiger partial charge in [-0.3, -0.25) is 14.3 Å². The second-order valence-corrected chi connectivity index (χ2v) is 8.56. The molecule has 7 nitrogen and oxygen atoms in total. The fraction of sp³-hybridized carbons (Fsp3) is 0.435. The fourth-order valence-corrected chi connectivity index (χ4v) is 4.21. The van der Waals surface area contributed by atoms with Crippen molar-refractivity contribution >= 4 is 23.0 Å². The minimum atomic E-state index is 0.706. The van der Waals surface area contributed by atoms with Gasteiger partial charge in [0.1, 0.15) is 0 Å². The molecule has 0 spiro atoms. The van der Waals surface area contributed by atoms with Crippen LogP contribution in [0.2, 0.25) is 0 Å². The third-order valence-corrected chi connectivity index (χ3v) is 6.27. The van der Waals surface area contributed by atoms with E-state index in [-0.39, 0.29) is 0 Å². The number of aromatic nitrogens is 4. The Morgan fingerprint density at radius 3 is 2.42 bits per heavy atom. The Balaban J connectivity index is 1.26. The van der Waals surface area contributed by atoms with E-state index in [0.29, 0.717) is 6.54 Å². The number of nitrogens with one attached hydrogen (secondary N) is 1. The van der Waals surface area contributed by atoms with Gasteiger partial charge >= 0.3 is 0 Å². The van der Waals surface area contributed by atoms with Gasteiger partial charge in [-0.1, -0.05) is 29.8 Å². The van der Waals surface area contributed by atoms with Crippen LogP contribution in [0.15, 0.2) is 42.9 Å². The molecule has 1 aromatic carbocycles. The Morgan fingerprint density at radius 1 is 1.00 bits per heavy atom. The predicted octanol–water partition coefficient (Wildman–Crippen LogP) is 3.28. The first kappa shape index (κ1) is 21.5. The Hall–Kier alpha value is -2.71. The smallest absolute Gasteiger partial charge is 0.173 e. The molecule has 0 atom stereocenters. The molecule has 0 aliphatic carbocycles. The molecule has 1 fully saturated rings. The molecular formula is C23H31N7S. The lowest BCUT2D eigenvalue weighted by Gasteiger charge is -2.36. The molecule has 1 N–H and O–H groups in total. The molecule has 4 rings (SSSR count). The van der Waals surface area contributed by atoms with Gasteiger partial charge in [0.2, 0.25) is 0 Å². The van der Waals surface area contributed by atoms with E-state index < -0.39 is 0 Å². The summed E-state index contributed by atoms with van der Waals surface area (Å²) in [5, 5.41) is 13.0. The summed E-state index contributed by atoms with van der Waals surface area (Å²) in [6, 6.07) is 8.81. The van der Waals surface area contributed by atoms with Crippen LogP contribution in [0.1, 0.15) is 29.3 Å². The number of piperazine rings is 1. The summed E-state index contributed by atoms with van der Waals surface area (Å²) in [5.74, 6) is 0. The Kier molecular flexibility index (Phi) is 6.67. The van der Waals surface area contributed by atoms with E-state index in [4.69, 9.17) is 12.2 Å². The lowest BCUT2D eigenvalue weighted by Crippen LogP contribution is -2.49. The van der Waals surface area contributed by atoms with E-state index in [2.05, 4.69) is 70.4 Å². The average molecular weight is 438 g/mol. The van der Waals surface area contributed by atoms with Crippen LogP contribution < -0.4 is 5.32 Å². The summed E-state index contributed by atoms with van der Waals surface area (Å²) in [6.07, 6.45) is 5.76. The Morgan fingerprint density at radius 2 is 1.74 bits per heavy atom. The highest BCUT2D eigenvalue weighted by Gasteiger charge is 2.19. The number of anilines is 1. The molecule has 8 heteroatoms. The van der Waals surface area contributed by atoms with E-state index in [1.165, 1.54) is 22.4 Å². The number of aryl methyl sites for hydroxylation is 2. The molecule has 0 saturated carbocycles. The largest absolute Gasteiger partial charge is 0.346 e. The number of hydrogen-bond acceptors (Lipinski definition) is 4. The van der Waals surface area contributed by atoms with Crippen molar-refractivity contribution in [1.29, 1.82) is 0 Å². The zero-order valence-corrected chi connectivity index (χ0v) is 19.4. The minimum absolute atomic E-state index is 0.706. The summed E-state index contributed by atoms with van der Waals surface area (Å²) >= 11 is 5.66. The van der Waals surface area contributed by atoms with Gasteiger partial charge in [-0.25, -0.2) is 0 Å². The van der Waals surface area contributed by atoms with Crippen LogP contribution in [0.3, 0.4) is 0 Å². The summed E-state index contributed by atoms with van der Waals surface area (Å²) in [6.45, 7) is 12.8. The third kappa shape index (κ3) is 5.32. The van der Waals surface area contributed by atoms with Gasteiger partial charge in [0.15, 0.2) is 5.11 Å². The van der Waals surface area contributed by atoms with E-state index in [1.807, 2.05) is 28.0 Å². The molecule has 3 aromatic rings. The van der Waals surface area contributed by atoms with Crippen LogP contribution in [0.4, 0.5) is 5.69 Å². The molecule has 0 amide bonds. The molecule has 3 heterocycles. The van der Waals surface area contributed by atoms with Crippen molar-refractivity contribution in [1.82, 2.24) is 29.4 Å². The van der Waals surface area contributed by atoms with Gasteiger partial charge in [0.25, 0.3) is 0 Å². The van der Waals surface area contributed by atoms with E-state index in [9.17, 15) is 0 Å². The zero-order chi connectivity index (χ0) is 21.8. The number of hydrogen-bond donors (Lipinski definition) is 1. The highest BCUT2D eigenvalue weighted by Crippen LogP contribution is 2.14. The van der Waals surface area contributed by atoms with Crippen LogP contribution in [0.5, 0.6) is 0 Å². The summed E-state index contributed by atoms with van der Waals surface area (Å²) in [4.78, 5) is 4.73. The van der Waals surface area contributed by atoms with Crippen molar-refractivity contribution in [2.45, 2.75) is 40.4 Å². The molecule has 1 aliphatic heterocycles. The van der Waals surface area contributed by atoms with Crippen LogP contribution in [-0.2, 0) is 19.6 Å². The first-order chi connectivity index (χ1) is 15.0. The Labute approximate surface area is 189 Å². The second kappa shape index (κ2) is 9.62. The summed E-state index contributed by atoms with van der Waals surface area (Å²) in [5.41, 5.74) is 5.97. The maximum Gasteiger partial charge on any atom is 0.173 e. The fourth-order valence-electron chi connectivity index (χ4n) is 3.91. The molecule has 1 saturated heterocycles. The first-order valence-electron chi connectivity index (χ1n) is 10.9. The molecule has 164 valence electrons. The maximum atomic E-state index is 5.66.